The fourth-order valence-electron chi connectivity index (χ4n) is 3.02. The Morgan fingerprint density at radius 1 is 1.09 bits per heavy atom. The number of hydrogen-bond donors (Lipinski definition) is 1. The number of halogens is 1. The third-order valence-corrected chi connectivity index (χ3v) is 7.19. The number of amides is 1. The molecule has 0 fully saturated rings. The quantitative estimate of drug-likeness (QED) is 0.153. The van der Waals surface area contributed by atoms with Crippen molar-refractivity contribution in [2.45, 2.75) is 4.90 Å². The minimum atomic E-state index is -3.98. The topological polar surface area (TPSA) is 97.3 Å². The molecule has 0 saturated heterocycles. The van der Waals surface area contributed by atoms with E-state index in [2.05, 4.69) is 39.7 Å². The van der Waals surface area contributed by atoms with Gasteiger partial charge in [-0.1, -0.05) is 30.9 Å². The molecule has 0 aliphatic carbocycles. The Balaban J connectivity index is 1.76. The summed E-state index contributed by atoms with van der Waals surface area (Å²) in [7, 11) is -2.46. The third kappa shape index (κ3) is 7.06. The van der Waals surface area contributed by atoms with Gasteiger partial charge in [0, 0.05) is 3.57 Å². The van der Waals surface area contributed by atoms with Gasteiger partial charge in [0.05, 0.1) is 23.9 Å². The molecule has 8 nitrogen and oxygen atoms in total. The van der Waals surface area contributed by atoms with Gasteiger partial charge in [0.2, 0.25) is 0 Å². The lowest BCUT2D eigenvalue weighted by atomic mass is 10.2. The van der Waals surface area contributed by atoms with E-state index in [0.717, 1.165) is 7.88 Å². The maximum atomic E-state index is 13.3. The second kappa shape index (κ2) is 12.4. The van der Waals surface area contributed by atoms with Crippen LogP contribution in [0.3, 0.4) is 0 Å². The molecule has 3 rings (SSSR count). The summed E-state index contributed by atoms with van der Waals surface area (Å²) in [4.78, 5) is 12.8. The van der Waals surface area contributed by atoms with Gasteiger partial charge in [-0.3, -0.25) is 9.10 Å². The number of methoxy groups -OCH3 is 1. The van der Waals surface area contributed by atoms with E-state index in [1.807, 2.05) is 0 Å². The van der Waals surface area contributed by atoms with E-state index in [1.165, 1.54) is 25.5 Å². The van der Waals surface area contributed by atoms with Gasteiger partial charge in [-0.05, 0) is 82.8 Å². The molecule has 0 atom stereocenters. The highest BCUT2D eigenvalue weighted by Gasteiger charge is 2.27. The first-order valence-electron chi connectivity index (χ1n) is 10.4. The van der Waals surface area contributed by atoms with Crippen LogP contribution in [0.5, 0.6) is 11.5 Å². The molecule has 10 heteroatoms. The molecule has 0 unspecified atom stereocenters. The summed E-state index contributed by atoms with van der Waals surface area (Å²) in [5, 5.41) is 3.96. The van der Waals surface area contributed by atoms with E-state index in [4.69, 9.17) is 9.47 Å². The van der Waals surface area contributed by atoms with Crippen LogP contribution in [0.1, 0.15) is 5.56 Å². The van der Waals surface area contributed by atoms with E-state index < -0.39 is 22.5 Å². The smallest absolute Gasteiger partial charge is 0.264 e. The first-order valence-corrected chi connectivity index (χ1v) is 12.9. The molecule has 3 aromatic carbocycles. The van der Waals surface area contributed by atoms with Crippen LogP contribution in [0.15, 0.2) is 95.4 Å². The summed E-state index contributed by atoms with van der Waals surface area (Å²) in [6.07, 6.45) is 3.06. The molecule has 3 aromatic rings. The Morgan fingerprint density at radius 2 is 1.80 bits per heavy atom. The zero-order chi connectivity index (χ0) is 25.3. The molecule has 0 bridgehead atoms. The number of rotatable bonds is 11. The van der Waals surface area contributed by atoms with E-state index in [1.54, 1.807) is 66.7 Å². The van der Waals surface area contributed by atoms with Gasteiger partial charge in [-0.2, -0.15) is 5.10 Å². The fourth-order valence-corrected chi connectivity index (χ4v) is 4.82. The lowest BCUT2D eigenvalue weighted by Crippen LogP contribution is -2.39. The maximum Gasteiger partial charge on any atom is 0.264 e. The van der Waals surface area contributed by atoms with E-state index >= 15 is 0 Å². The van der Waals surface area contributed by atoms with Gasteiger partial charge < -0.3 is 9.47 Å². The third-order valence-electron chi connectivity index (χ3n) is 4.68. The molecule has 1 N–H and O–H groups in total. The highest BCUT2D eigenvalue weighted by molar-refractivity contribution is 14.1. The molecule has 1 amide bonds. The van der Waals surface area contributed by atoms with Crippen molar-refractivity contribution >= 4 is 50.4 Å². The molecule has 0 heterocycles. The molecule has 0 spiro atoms. The van der Waals surface area contributed by atoms with E-state index in [-0.39, 0.29) is 4.90 Å². The van der Waals surface area contributed by atoms with Crippen molar-refractivity contribution < 1.29 is 22.7 Å². The highest BCUT2D eigenvalue weighted by Crippen LogP contribution is 2.27. The summed E-state index contributed by atoms with van der Waals surface area (Å²) < 4.78 is 39.4. The van der Waals surface area contributed by atoms with Crippen molar-refractivity contribution in [1.82, 2.24) is 5.43 Å². The minimum absolute atomic E-state index is 0.0840. The summed E-state index contributed by atoms with van der Waals surface area (Å²) in [6.45, 7) is 3.50. The summed E-state index contributed by atoms with van der Waals surface area (Å²) in [5.41, 5.74) is 3.41. The van der Waals surface area contributed by atoms with Crippen LogP contribution < -0.4 is 19.2 Å². The summed E-state index contributed by atoms with van der Waals surface area (Å²) >= 11 is 2.13. The Morgan fingerprint density at radius 3 is 2.46 bits per heavy atom. The largest absolute Gasteiger partial charge is 0.493 e. The van der Waals surface area contributed by atoms with Crippen LogP contribution >= 0.6 is 22.6 Å². The number of nitrogens with one attached hydrogen (secondary N) is 1. The van der Waals surface area contributed by atoms with Crippen molar-refractivity contribution in [1.29, 1.82) is 0 Å². The Hall–Kier alpha value is -3.38. The number of hydrazone groups is 1. The van der Waals surface area contributed by atoms with Gasteiger partial charge in [0.25, 0.3) is 15.9 Å². The number of ether oxygens (including phenoxy) is 2. The molecule has 35 heavy (non-hydrogen) atoms. The predicted octanol–water partition coefficient (Wildman–Crippen LogP) is 4.21. The Labute approximate surface area is 218 Å². The molecular formula is C25H24IN3O5S. The fraction of sp³-hybridized carbons (Fsp3) is 0.120. The van der Waals surface area contributed by atoms with E-state index in [0.29, 0.717) is 29.4 Å². The van der Waals surface area contributed by atoms with Crippen LogP contribution in [0.25, 0.3) is 0 Å². The second-order valence-electron chi connectivity index (χ2n) is 7.10. The van der Waals surface area contributed by atoms with Crippen LogP contribution in [-0.4, -0.2) is 40.8 Å². The first-order chi connectivity index (χ1) is 16.8. The van der Waals surface area contributed by atoms with Crippen molar-refractivity contribution in [3.05, 3.63) is 94.6 Å². The Kier molecular flexibility index (Phi) is 9.26. The standard InChI is InChI=1S/C25H24IN3O5S/c1-3-15-34-23-14-9-19(16-24(23)33-2)17-27-28-25(30)18-29(21-12-10-20(26)11-13-21)35(31,32)22-7-5-4-6-8-22/h3-14,16-17H,1,15,18H2,2H3,(H,28,30)/b27-17-. The average molecular weight is 605 g/mol. The highest BCUT2D eigenvalue weighted by atomic mass is 127. The summed E-state index contributed by atoms with van der Waals surface area (Å²) in [6, 6.07) is 20.0. The number of sulfonamides is 1. The molecule has 0 aliphatic rings. The number of carbonyl (C=O) groups is 1. The van der Waals surface area contributed by atoms with Gasteiger partial charge in [-0.25, -0.2) is 13.8 Å². The predicted molar refractivity (Wildman–Crippen MR) is 145 cm³/mol. The molecule has 0 radical (unpaired) electrons. The zero-order valence-electron chi connectivity index (χ0n) is 18.9. The number of anilines is 1. The van der Waals surface area contributed by atoms with Crippen molar-refractivity contribution in [2.75, 3.05) is 24.6 Å². The van der Waals surface area contributed by atoms with Gasteiger partial charge in [-0.15, -0.1) is 0 Å². The summed E-state index contributed by atoms with van der Waals surface area (Å²) in [5.74, 6) is 0.450. The number of benzene rings is 3. The van der Waals surface area contributed by atoms with Gasteiger partial charge in [0.1, 0.15) is 13.2 Å². The maximum absolute atomic E-state index is 13.3. The molecule has 0 saturated carbocycles. The first kappa shape index (κ1) is 26.2. The van der Waals surface area contributed by atoms with Crippen molar-refractivity contribution in [2.24, 2.45) is 5.10 Å². The van der Waals surface area contributed by atoms with Crippen molar-refractivity contribution in [3.63, 3.8) is 0 Å². The lowest BCUT2D eigenvalue weighted by Gasteiger charge is -2.23. The van der Waals surface area contributed by atoms with Gasteiger partial charge in [0.15, 0.2) is 11.5 Å². The monoisotopic (exact) mass is 605 g/mol. The minimum Gasteiger partial charge on any atom is -0.493 e. The number of hydrogen-bond acceptors (Lipinski definition) is 6. The molecule has 182 valence electrons. The lowest BCUT2D eigenvalue weighted by molar-refractivity contribution is -0.119. The van der Waals surface area contributed by atoms with Gasteiger partial charge >= 0.3 is 0 Å². The second-order valence-corrected chi connectivity index (χ2v) is 10.2. The number of nitrogens with zero attached hydrogens (tertiary/aromatic N) is 2. The number of carbonyl (C=O) groups excluding carboxylic acids is 1. The molecule has 0 aliphatic heterocycles. The van der Waals surface area contributed by atoms with Crippen LogP contribution in [0.4, 0.5) is 5.69 Å². The van der Waals surface area contributed by atoms with Crippen LogP contribution in [-0.2, 0) is 14.8 Å². The molecular weight excluding hydrogens is 581 g/mol. The van der Waals surface area contributed by atoms with E-state index in [9.17, 15) is 13.2 Å². The van der Waals surface area contributed by atoms with Crippen LogP contribution in [0.2, 0.25) is 0 Å². The Bertz CT molecular complexity index is 1300. The average Bonchev–Trinajstić information content (AvgIpc) is 2.87. The SMILES string of the molecule is C=CCOc1ccc(/C=N\NC(=O)CN(c2ccc(I)cc2)S(=O)(=O)c2ccccc2)cc1OC. The zero-order valence-corrected chi connectivity index (χ0v) is 21.9. The normalized spacial score (nSPS) is 11.1. The van der Waals surface area contributed by atoms with Crippen molar-refractivity contribution in [3.8, 4) is 11.5 Å². The molecule has 0 aromatic heterocycles. The van der Waals surface area contributed by atoms with Crippen LogP contribution in [0, 0.1) is 3.57 Å².